The van der Waals surface area contributed by atoms with Gasteiger partial charge in [0.1, 0.15) is 11.2 Å². The SMILES string of the molecule is O=C(CC12CC(n3cnc4cnc5[nH]ccc5c43)(C1)C2)OCC1CC1. The topological polar surface area (TPSA) is 72.8 Å². The molecule has 25 heavy (non-hydrogen) atoms. The number of imidazole rings is 1. The Morgan fingerprint density at radius 2 is 2.16 bits per heavy atom. The first kappa shape index (κ1) is 13.9. The molecule has 0 amide bonds. The van der Waals surface area contributed by atoms with Crippen LogP contribution in [0.25, 0.3) is 22.1 Å². The van der Waals surface area contributed by atoms with Crippen LogP contribution in [0.2, 0.25) is 0 Å². The standard InChI is InChI=1S/C19H20N4O2/c24-15(25-7-12-1-2-12)5-18-8-19(9-18,10-18)23-11-22-14-6-21-17-13(16(14)23)3-4-20-17/h3-4,6,11-12H,1-2,5,7-10H2,(H,20,21). The minimum absolute atomic E-state index is 0.00656. The van der Waals surface area contributed by atoms with Crippen molar-refractivity contribution in [3.63, 3.8) is 0 Å². The van der Waals surface area contributed by atoms with E-state index >= 15 is 0 Å². The Morgan fingerprint density at radius 1 is 1.32 bits per heavy atom. The third-order valence-corrected chi connectivity index (χ3v) is 6.41. The summed E-state index contributed by atoms with van der Waals surface area (Å²) in [5.74, 6) is 0.630. The van der Waals surface area contributed by atoms with Crippen LogP contribution in [0, 0.1) is 11.3 Å². The largest absolute Gasteiger partial charge is 0.465 e. The first-order valence-electron chi connectivity index (χ1n) is 9.12. The molecule has 0 aromatic carbocycles. The number of rotatable bonds is 5. The van der Waals surface area contributed by atoms with Crippen LogP contribution < -0.4 is 0 Å². The number of nitrogens with zero attached hydrogens (tertiary/aromatic N) is 3. The number of esters is 1. The van der Waals surface area contributed by atoms with Crippen LogP contribution in [0.1, 0.15) is 38.5 Å². The van der Waals surface area contributed by atoms with E-state index in [2.05, 4.69) is 25.6 Å². The average Bonchev–Trinajstić information content (AvgIpc) is 3.07. The first-order valence-corrected chi connectivity index (χ1v) is 9.12. The third-order valence-electron chi connectivity index (χ3n) is 6.41. The number of H-pyrrole nitrogens is 1. The van der Waals surface area contributed by atoms with Crippen molar-refractivity contribution in [2.75, 3.05) is 6.61 Å². The van der Waals surface area contributed by atoms with E-state index in [0.29, 0.717) is 18.9 Å². The van der Waals surface area contributed by atoms with Crippen molar-refractivity contribution in [2.45, 2.75) is 44.1 Å². The van der Waals surface area contributed by atoms with Crippen LogP contribution in [0.3, 0.4) is 0 Å². The zero-order chi connectivity index (χ0) is 16.6. The van der Waals surface area contributed by atoms with E-state index in [9.17, 15) is 4.79 Å². The maximum Gasteiger partial charge on any atom is 0.306 e. The molecule has 0 unspecified atom stereocenters. The van der Waals surface area contributed by atoms with E-state index in [1.807, 2.05) is 18.7 Å². The number of pyridine rings is 1. The van der Waals surface area contributed by atoms with Crippen molar-refractivity contribution in [1.82, 2.24) is 19.5 Å². The zero-order valence-corrected chi connectivity index (χ0v) is 14.0. The highest BCUT2D eigenvalue weighted by molar-refractivity contribution is 6.01. The maximum absolute atomic E-state index is 12.1. The minimum Gasteiger partial charge on any atom is -0.465 e. The van der Waals surface area contributed by atoms with Crippen LogP contribution in [-0.2, 0) is 15.1 Å². The van der Waals surface area contributed by atoms with Gasteiger partial charge in [0.25, 0.3) is 0 Å². The lowest BCUT2D eigenvalue weighted by Gasteiger charge is -2.70. The molecule has 6 heteroatoms. The van der Waals surface area contributed by atoms with Gasteiger partial charge in [0.15, 0.2) is 0 Å². The Balaban J connectivity index is 1.24. The molecule has 4 saturated carbocycles. The summed E-state index contributed by atoms with van der Waals surface area (Å²) in [5.41, 5.74) is 3.31. The summed E-state index contributed by atoms with van der Waals surface area (Å²) in [5, 5.41) is 1.12. The number of hydrogen-bond donors (Lipinski definition) is 1. The quantitative estimate of drug-likeness (QED) is 0.727. The Kier molecular flexibility index (Phi) is 2.45. The van der Waals surface area contributed by atoms with Crippen LogP contribution in [0.4, 0.5) is 0 Å². The fourth-order valence-electron chi connectivity index (χ4n) is 5.10. The Labute approximate surface area is 144 Å². The molecule has 4 aliphatic carbocycles. The van der Waals surface area contributed by atoms with Crippen molar-refractivity contribution < 1.29 is 9.53 Å². The molecule has 6 nitrogen and oxygen atoms in total. The predicted molar refractivity (Wildman–Crippen MR) is 91.9 cm³/mol. The number of ether oxygens (including phenoxy) is 1. The van der Waals surface area contributed by atoms with Crippen LogP contribution in [-0.4, -0.2) is 32.1 Å². The highest BCUT2D eigenvalue weighted by Gasteiger charge is 2.69. The summed E-state index contributed by atoms with van der Waals surface area (Å²) in [6.07, 6.45) is 11.9. The molecule has 1 N–H and O–H groups in total. The van der Waals surface area contributed by atoms with E-state index < -0.39 is 0 Å². The zero-order valence-electron chi connectivity index (χ0n) is 14.0. The summed E-state index contributed by atoms with van der Waals surface area (Å²) >= 11 is 0. The van der Waals surface area contributed by atoms with Gasteiger partial charge in [-0.1, -0.05) is 0 Å². The molecular weight excluding hydrogens is 316 g/mol. The number of aromatic amines is 1. The van der Waals surface area contributed by atoms with Crippen LogP contribution in [0.15, 0.2) is 24.8 Å². The molecule has 0 radical (unpaired) electrons. The normalized spacial score (nSPS) is 30.2. The van der Waals surface area contributed by atoms with Gasteiger partial charge in [0.05, 0.1) is 31.1 Å². The van der Waals surface area contributed by atoms with Crippen molar-refractivity contribution in [2.24, 2.45) is 11.3 Å². The number of nitrogens with one attached hydrogen (secondary N) is 1. The van der Waals surface area contributed by atoms with E-state index in [1.165, 1.54) is 12.8 Å². The molecule has 7 rings (SSSR count). The highest BCUT2D eigenvalue weighted by atomic mass is 16.5. The fourth-order valence-corrected chi connectivity index (χ4v) is 5.10. The lowest BCUT2D eigenvalue weighted by atomic mass is 9.38. The minimum atomic E-state index is -0.00656. The fraction of sp³-hybridized carbons (Fsp3) is 0.526. The predicted octanol–water partition coefficient (Wildman–Crippen LogP) is 3.14. The van der Waals surface area contributed by atoms with E-state index in [4.69, 9.17) is 4.74 Å². The van der Waals surface area contributed by atoms with E-state index in [0.717, 1.165) is 41.3 Å². The van der Waals surface area contributed by atoms with Crippen LogP contribution in [0.5, 0.6) is 0 Å². The molecule has 0 atom stereocenters. The van der Waals surface area contributed by atoms with Gasteiger partial charge in [-0.25, -0.2) is 9.97 Å². The van der Waals surface area contributed by atoms with E-state index in [-0.39, 0.29) is 16.9 Å². The number of hydrogen-bond acceptors (Lipinski definition) is 4. The molecule has 3 aromatic rings. The van der Waals surface area contributed by atoms with Crippen molar-refractivity contribution in [3.05, 3.63) is 24.8 Å². The van der Waals surface area contributed by atoms with E-state index in [1.54, 1.807) is 0 Å². The number of fused-ring (bicyclic) bond motifs is 3. The van der Waals surface area contributed by atoms with Gasteiger partial charge in [-0.15, -0.1) is 0 Å². The lowest BCUT2D eigenvalue weighted by molar-refractivity contribution is -0.199. The lowest BCUT2D eigenvalue weighted by Crippen LogP contribution is -2.67. The second-order valence-electron chi connectivity index (χ2n) is 8.40. The smallest absolute Gasteiger partial charge is 0.306 e. The molecule has 3 aromatic heterocycles. The summed E-state index contributed by atoms with van der Waals surface area (Å²) < 4.78 is 7.76. The van der Waals surface area contributed by atoms with Crippen molar-refractivity contribution >= 4 is 28.0 Å². The first-order chi connectivity index (χ1) is 12.2. The molecule has 128 valence electrons. The second kappa shape index (κ2) is 4.42. The Morgan fingerprint density at radius 3 is 2.96 bits per heavy atom. The maximum atomic E-state index is 12.1. The Bertz CT molecular complexity index is 993. The number of carbonyl (C=O) groups is 1. The summed E-state index contributed by atoms with van der Waals surface area (Å²) in [7, 11) is 0. The molecule has 0 aliphatic heterocycles. The molecule has 4 aliphatic rings. The highest BCUT2D eigenvalue weighted by Crippen LogP contribution is 2.73. The van der Waals surface area contributed by atoms with Gasteiger partial charge >= 0.3 is 5.97 Å². The molecule has 4 fully saturated rings. The molecule has 0 spiro atoms. The van der Waals surface area contributed by atoms with Gasteiger partial charge in [0, 0.05) is 17.1 Å². The molecule has 0 saturated heterocycles. The Hall–Kier alpha value is -2.37. The van der Waals surface area contributed by atoms with Crippen molar-refractivity contribution in [3.8, 4) is 0 Å². The summed E-state index contributed by atoms with van der Waals surface area (Å²) in [6, 6.07) is 2.07. The monoisotopic (exact) mass is 336 g/mol. The van der Waals surface area contributed by atoms with Gasteiger partial charge in [-0.05, 0) is 49.5 Å². The van der Waals surface area contributed by atoms with Gasteiger partial charge in [-0.3, -0.25) is 4.79 Å². The summed E-state index contributed by atoms with van der Waals surface area (Å²) in [4.78, 5) is 24.3. The van der Waals surface area contributed by atoms with Gasteiger partial charge in [-0.2, -0.15) is 0 Å². The van der Waals surface area contributed by atoms with Gasteiger partial charge in [0.2, 0.25) is 0 Å². The molecular formula is C19H20N4O2. The number of aromatic nitrogens is 4. The van der Waals surface area contributed by atoms with Crippen molar-refractivity contribution in [1.29, 1.82) is 0 Å². The molecule has 2 bridgehead atoms. The third kappa shape index (κ3) is 1.88. The number of carbonyl (C=O) groups excluding carboxylic acids is 1. The van der Waals surface area contributed by atoms with Gasteiger partial charge < -0.3 is 14.3 Å². The van der Waals surface area contributed by atoms with Crippen LogP contribution >= 0.6 is 0 Å². The summed E-state index contributed by atoms with van der Waals surface area (Å²) in [6.45, 7) is 0.630. The molecule has 3 heterocycles. The average molecular weight is 336 g/mol. The second-order valence-corrected chi connectivity index (χ2v) is 8.40.